The maximum atomic E-state index is 13.2. The molecule has 6 nitrogen and oxygen atoms in total. The summed E-state index contributed by atoms with van der Waals surface area (Å²) in [6.07, 6.45) is 1.90. The van der Waals surface area contributed by atoms with E-state index in [1.54, 1.807) is 4.90 Å². The number of amides is 2. The second-order valence-corrected chi connectivity index (χ2v) is 7.87. The molecule has 1 aromatic rings. The van der Waals surface area contributed by atoms with Gasteiger partial charge in [-0.25, -0.2) is 0 Å². The number of aromatic nitrogens is 1. The van der Waals surface area contributed by atoms with Gasteiger partial charge in [0.25, 0.3) is 5.91 Å². The van der Waals surface area contributed by atoms with Gasteiger partial charge in [0.05, 0.1) is 6.54 Å². The molecule has 0 aliphatic carbocycles. The SMILES string of the molecule is CC(C)CN1C(=O)c2cccn2CC1C(=O)N1CCN(C(C)C)CC1. The van der Waals surface area contributed by atoms with Crippen LogP contribution in [0.25, 0.3) is 0 Å². The van der Waals surface area contributed by atoms with Crippen molar-refractivity contribution in [3.63, 3.8) is 0 Å². The molecule has 3 rings (SSSR count). The highest BCUT2D eigenvalue weighted by molar-refractivity contribution is 5.97. The molecule has 0 spiro atoms. The van der Waals surface area contributed by atoms with E-state index in [0.717, 1.165) is 26.2 Å². The van der Waals surface area contributed by atoms with Gasteiger partial charge in [-0.2, -0.15) is 0 Å². The zero-order valence-corrected chi connectivity index (χ0v) is 15.8. The van der Waals surface area contributed by atoms with Crippen LogP contribution in [0.2, 0.25) is 0 Å². The van der Waals surface area contributed by atoms with Crippen LogP contribution in [-0.4, -0.2) is 75.9 Å². The highest BCUT2D eigenvalue weighted by Crippen LogP contribution is 2.22. The van der Waals surface area contributed by atoms with E-state index in [9.17, 15) is 9.59 Å². The van der Waals surface area contributed by atoms with Crippen LogP contribution >= 0.6 is 0 Å². The lowest BCUT2D eigenvalue weighted by Crippen LogP contribution is -2.60. The highest BCUT2D eigenvalue weighted by atomic mass is 16.2. The molecule has 0 aromatic carbocycles. The van der Waals surface area contributed by atoms with Crippen LogP contribution in [0.4, 0.5) is 0 Å². The van der Waals surface area contributed by atoms with Gasteiger partial charge in [0.15, 0.2) is 0 Å². The van der Waals surface area contributed by atoms with Gasteiger partial charge >= 0.3 is 0 Å². The molecule has 6 heteroatoms. The molecule has 1 fully saturated rings. The quantitative estimate of drug-likeness (QED) is 0.831. The van der Waals surface area contributed by atoms with Gasteiger partial charge < -0.3 is 14.4 Å². The maximum absolute atomic E-state index is 13.2. The third kappa shape index (κ3) is 3.59. The van der Waals surface area contributed by atoms with Crippen LogP contribution in [0, 0.1) is 5.92 Å². The van der Waals surface area contributed by atoms with Gasteiger partial charge in [-0.1, -0.05) is 13.8 Å². The average Bonchev–Trinajstić information content (AvgIpc) is 3.05. The summed E-state index contributed by atoms with van der Waals surface area (Å²) in [5.74, 6) is 0.402. The minimum absolute atomic E-state index is 0.0240. The maximum Gasteiger partial charge on any atom is 0.271 e. The van der Waals surface area contributed by atoms with E-state index in [4.69, 9.17) is 0 Å². The minimum atomic E-state index is -0.389. The molecule has 1 aromatic heterocycles. The topological polar surface area (TPSA) is 48.8 Å². The second-order valence-electron chi connectivity index (χ2n) is 7.87. The smallest absolute Gasteiger partial charge is 0.271 e. The molecule has 1 atom stereocenters. The van der Waals surface area contributed by atoms with Crippen LogP contribution in [0.5, 0.6) is 0 Å². The summed E-state index contributed by atoms with van der Waals surface area (Å²) in [5, 5.41) is 0. The number of hydrogen-bond donors (Lipinski definition) is 0. The Morgan fingerprint density at radius 3 is 2.44 bits per heavy atom. The van der Waals surface area contributed by atoms with Crippen LogP contribution in [0.1, 0.15) is 38.2 Å². The summed E-state index contributed by atoms with van der Waals surface area (Å²) < 4.78 is 1.92. The van der Waals surface area contributed by atoms with Crippen molar-refractivity contribution in [2.75, 3.05) is 32.7 Å². The third-order valence-corrected chi connectivity index (χ3v) is 5.26. The molecule has 0 N–H and O–H groups in total. The number of carbonyl (C=O) groups is 2. The first-order chi connectivity index (χ1) is 11.9. The Morgan fingerprint density at radius 2 is 1.84 bits per heavy atom. The van der Waals surface area contributed by atoms with Crippen LogP contribution in [-0.2, 0) is 11.3 Å². The average molecular weight is 346 g/mol. The van der Waals surface area contributed by atoms with Crippen LogP contribution < -0.4 is 0 Å². The van der Waals surface area contributed by atoms with Gasteiger partial charge in [0.1, 0.15) is 11.7 Å². The zero-order chi connectivity index (χ0) is 18.1. The predicted octanol–water partition coefficient (Wildman–Crippen LogP) is 1.52. The molecule has 1 unspecified atom stereocenters. The van der Waals surface area contributed by atoms with E-state index in [1.165, 1.54) is 0 Å². The molecule has 0 radical (unpaired) electrons. The first-order valence-corrected chi connectivity index (χ1v) is 9.37. The number of carbonyl (C=O) groups excluding carboxylic acids is 2. The van der Waals surface area contributed by atoms with Crippen LogP contribution in [0.3, 0.4) is 0 Å². The summed E-state index contributed by atoms with van der Waals surface area (Å²) >= 11 is 0. The number of hydrogen-bond acceptors (Lipinski definition) is 3. The molecule has 2 amide bonds. The van der Waals surface area contributed by atoms with Crippen LogP contribution in [0.15, 0.2) is 18.3 Å². The first-order valence-electron chi connectivity index (χ1n) is 9.37. The summed E-state index contributed by atoms with van der Waals surface area (Å²) in [6, 6.07) is 3.85. The lowest BCUT2D eigenvalue weighted by atomic mass is 10.1. The third-order valence-electron chi connectivity index (χ3n) is 5.26. The van der Waals surface area contributed by atoms with Crippen molar-refractivity contribution in [3.8, 4) is 0 Å². The minimum Gasteiger partial charge on any atom is -0.341 e. The Morgan fingerprint density at radius 1 is 1.16 bits per heavy atom. The second kappa shape index (κ2) is 7.20. The Balaban J connectivity index is 1.77. The standard InChI is InChI=1S/C19H30N4O2/c1-14(2)12-23-17(13-22-7-5-6-16(22)19(23)25)18(24)21-10-8-20(9-11-21)15(3)4/h5-7,14-15,17H,8-13H2,1-4H3. The lowest BCUT2D eigenvalue weighted by Gasteiger charge is -2.42. The zero-order valence-electron chi connectivity index (χ0n) is 15.8. The molecule has 0 saturated carbocycles. The van der Waals surface area contributed by atoms with E-state index in [2.05, 4.69) is 32.6 Å². The first kappa shape index (κ1) is 18.0. The Kier molecular flexibility index (Phi) is 5.18. The molecule has 3 heterocycles. The normalized spacial score (nSPS) is 22.0. The fourth-order valence-corrected chi connectivity index (χ4v) is 3.83. The molecular weight excluding hydrogens is 316 g/mol. The monoisotopic (exact) mass is 346 g/mol. The largest absolute Gasteiger partial charge is 0.341 e. The summed E-state index contributed by atoms with van der Waals surface area (Å²) in [7, 11) is 0. The lowest BCUT2D eigenvalue weighted by molar-refractivity contribution is -0.139. The molecule has 2 aliphatic rings. The highest BCUT2D eigenvalue weighted by Gasteiger charge is 2.39. The van der Waals surface area contributed by atoms with Gasteiger partial charge in [-0.15, -0.1) is 0 Å². The van der Waals surface area contributed by atoms with Gasteiger partial charge in [-0.3, -0.25) is 14.5 Å². The van der Waals surface area contributed by atoms with Crippen molar-refractivity contribution in [1.29, 1.82) is 0 Å². The van der Waals surface area contributed by atoms with Crippen molar-refractivity contribution in [1.82, 2.24) is 19.3 Å². The number of piperazine rings is 1. The molecule has 2 aliphatic heterocycles. The molecule has 25 heavy (non-hydrogen) atoms. The van der Waals surface area contributed by atoms with Gasteiger partial charge in [0, 0.05) is 45.0 Å². The summed E-state index contributed by atoms with van der Waals surface area (Å²) in [4.78, 5) is 32.2. The van der Waals surface area contributed by atoms with Crippen molar-refractivity contribution in [2.45, 2.75) is 46.3 Å². The fourth-order valence-electron chi connectivity index (χ4n) is 3.83. The van der Waals surface area contributed by atoms with Crippen molar-refractivity contribution in [2.24, 2.45) is 5.92 Å². The van der Waals surface area contributed by atoms with E-state index in [0.29, 0.717) is 30.7 Å². The molecule has 1 saturated heterocycles. The Labute approximate surface area is 150 Å². The summed E-state index contributed by atoms with van der Waals surface area (Å²) in [6.45, 7) is 13.0. The van der Waals surface area contributed by atoms with E-state index in [1.807, 2.05) is 27.8 Å². The van der Waals surface area contributed by atoms with Crippen molar-refractivity contribution >= 4 is 11.8 Å². The molecule has 0 bridgehead atoms. The van der Waals surface area contributed by atoms with Crippen molar-refractivity contribution in [3.05, 3.63) is 24.0 Å². The Bertz CT molecular complexity index is 629. The van der Waals surface area contributed by atoms with E-state index in [-0.39, 0.29) is 17.9 Å². The van der Waals surface area contributed by atoms with Gasteiger partial charge in [0.2, 0.25) is 5.91 Å². The molecule has 138 valence electrons. The van der Waals surface area contributed by atoms with Gasteiger partial charge in [-0.05, 0) is 31.9 Å². The number of rotatable bonds is 4. The van der Waals surface area contributed by atoms with E-state index < -0.39 is 0 Å². The predicted molar refractivity (Wildman–Crippen MR) is 97.4 cm³/mol. The number of nitrogens with zero attached hydrogens (tertiary/aromatic N) is 4. The number of fused-ring (bicyclic) bond motifs is 1. The fraction of sp³-hybridized carbons (Fsp3) is 0.684. The molecular formula is C19H30N4O2. The van der Waals surface area contributed by atoms with Crippen molar-refractivity contribution < 1.29 is 9.59 Å². The summed E-state index contributed by atoms with van der Waals surface area (Å²) in [5.41, 5.74) is 0.689. The van der Waals surface area contributed by atoms with E-state index >= 15 is 0 Å². The Hall–Kier alpha value is -1.82.